The average Bonchev–Trinajstić information content (AvgIpc) is 3.99. The molecule has 4 heteroatoms. The smallest absolute Gasteiger partial charge is 0.227 e. The van der Waals surface area contributed by atoms with Gasteiger partial charge in [-0.15, -0.1) is 0 Å². The van der Waals surface area contributed by atoms with Crippen molar-refractivity contribution in [2.75, 3.05) is 0 Å². The molecule has 13 aromatic rings. The van der Waals surface area contributed by atoms with Crippen LogP contribution < -0.4 is 0 Å². The minimum Gasteiger partial charge on any atom is -0.436 e. The van der Waals surface area contributed by atoms with E-state index in [-0.39, 0.29) is 0 Å². The standard InChI is InChI=1S/C55H33N3O/c1-2-13-37(14-3-1)57-48-22-10-8-18-41(48)45-31-34(26-29-50(45)57)35-25-28-47-53(33-35)59-55(56-47)36-27-30-51-46(32-36)42-19-9-11-23-49(42)58(51)52-24-12-21-44-40-16-5-4-15-38(40)39-17-6-7-20-43(39)54(44)52/h1-33H. The van der Waals surface area contributed by atoms with Crippen molar-refractivity contribution in [3.63, 3.8) is 0 Å². The fourth-order valence-corrected chi connectivity index (χ4v) is 9.72. The number of para-hydroxylation sites is 3. The molecule has 59 heavy (non-hydrogen) atoms. The van der Waals surface area contributed by atoms with Gasteiger partial charge in [0.2, 0.25) is 5.89 Å². The molecule has 0 radical (unpaired) electrons. The summed E-state index contributed by atoms with van der Waals surface area (Å²) in [4.78, 5) is 5.02. The first-order valence-electron chi connectivity index (χ1n) is 20.1. The number of rotatable bonds is 4. The minimum absolute atomic E-state index is 0.611. The number of oxazole rings is 1. The fraction of sp³-hybridized carbons (Fsp3) is 0. The molecule has 0 fully saturated rings. The highest BCUT2D eigenvalue weighted by molar-refractivity contribution is 6.28. The number of nitrogens with zero attached hydrogens (tertiary/aromatic N) is 3. The third kappa shape index (κ3) is 4.69. The van der Waals surface area contributed by atoms with E-state index in [1.165, 1.54) is 65.2 Å². The monoisotopic (exact) mass is 751 g/mol. The van der Waals surface area contributed by atoms with Gasteiger partial charge in [-0.3, -0.25) is 0 Å². The highest BCUT2D eigenvalue weighted by Gasteiger charge is 2.20. The van der Waals surface area contributed by atoms with Gasteiger partial charge in [0.1, 0.15) is 5.52 Å². The van der Waals surface area contributed by atoms with Crippen LogP contribution in [0, 0.1) is 0 Å². The second-order valence-electron chi connectivity index (χ2n) is 15.5. The molecule has 13 rings (SSSR count). The van der Waals surface area contributed by atoms with Crippen LogP contribution in [0.15, 0.2) is 205 Å². The van der Waals surface area contributed by atoms with Crippen LogP contribution in [0.1, 0.15) is 0 Å². The Morgan fingerprint density at radius 1 is 0.339 bits per heavy atom. The molecule has 0 saturated heterocycles. The van der Waals surface area contributed by atoms with Crippen molar-refractivity contribution in [2.45, 2.75) is 0 Å². The Morgan fingerprint density at radius 3 is 1.54 bits per heavy atom. The van der Waals surface area contributed by atoms with Crippen molar-refractivity contribution in [3.05, 3.63) is 200 Å². The van der Waals surface area contributed by atoms with E-state index in [0.29, 0.717) is 5.89 Å². The Labute approximate surface area is 338 Å². The largest absolute Gasteiger partial charge is 0.436 e. The van der Waals surface area contributed by atoms with Gasteiger partial charge in [0, 0.05) is 38.2 Å². The van der Waals surface area contributed by atoms with E-state index in [1.807, 2.05) is 0 Å². The summed E-state index contributed by atoms with van der Waals surface area (Å²) < 4.78 is 11.4. The number of benzene rings is 10. The van der Waals surface area contributed by atoms with Crippen LogP contribution in [0.3, 0.4) is 0 Å². The van der Waals surface area contributed by atoms with Crippen molar-refractivity contribution in [2.24, 2.45) is 0 Å². The van der Waals surface area contributed by atoms with Gasteiger partial charge in [-0.2, -0.15) is 0 Å². The van der Waals surface area contributed by atoms with Gasteiger partial charge in [-0.25, -0.2) is 4.98 Å². The Bertz CT molecular complexity index is 3800. The lowest BCUT2D eigenvalue weighted by molar-refractivity contribution is 0.620. The third-order valence-electron chi connectivity index (χ3n) is 12.3. The fourth-order valence-electron chi connectivity index (χ4n) is 9.72. The molecule has 0 aliphatic carbocycles. The van der Waals surface area contributed by atoms with E-state index in [4.69, 9.17) is 9.40 Å². The highest BCUT2D eigenvalue weighted by Crippen LogP contribution is 2.42. The van der Waals surface area contributed by atoms with Crippen LogP contribution in [0.25, 0.3) is 121 Å². The van der Waals surface area contributed by atoms with Gasteiger partial charge in [0.15, 0.2) is 5.58 Å². The number of hydrogen-bond donors (Lipinski definition) is 0. The second kappa shape index (κ2) is 12.3. The molecule has 0 N–H and O–H groups in total. The molecule has 0 atom stereocenters. The SMILES string of the molecule is c1ccc(-n2c3ccccc3c3cc(-c4ccc5nc(-c6ccc7c(c6)c6ccccc6n7-c6cccc7c8ccccc8c8ccccc8c67)oc5c4)ccc32)cc1. The Hall–Kier alpha value is -7.95. The van der Waals surface area contributed by atoms with Gasteiger partial charge in [0.05, 0.1) is 27.8 Å². The topological polar surface area (TPSA) is 35.9 Å². The Balaban J connectivity index is 0.945. The van der Waals surface area contributed by atoms with Crippen LogP contribution in [0.2, 0.25) is 0 Å². The maximum Gasteiger partial charge on any atom is 0.227 e. The summed E-state index contributed by atoms with van der Waals surface area (Å²) in [6.07, 6.45) is 0. The van der Waals surface area contributed by atoms with E-state index in [9.17, 15) is 0 Å². The first kappa shape index (κ1) is 32.2. The maximum absolute atomic E-state index is 6.61. The van der Waals surface area contributed by atoms with Crippen LogP contribution in [0.4, 0.5) is 0 Å². The Kier molecular flexibility index (Phi) is 6.69. The predicted molar refractivity (Wildman–Crippen MR) is 246 cm³/mol. The molecule has 0 aliphatic rings. The van der Waals surface area contributed by atoms with Crippen molar-refractivity contribution >= 4 is 87.0 Å². The molecule has 0 unspecified atom stereocenters. The molecule has 0 spiro atoms. The van der Waals surface area contributed by atoms with E-state index in [1.54, 1.807) is 0 Å². The molecular formula is C55H33N3O. The lowest BCUT2D eigenvalue weighted by atomic mass is 9.93. The van der Waals surface area contributed by atoms with Crippen molar-refractivity contribution in [3.8, 4) is 34.0 Å². The van der Waals surface area contributed by atoms with Gasteiger partial charge in [0.25, 0.3) is 0 Å². The first-order chi connectivity index (χ1) is 29.3. The van der Waals surface area contributed by atoms with Crippen molar-refractivity contribution in [1.82, 2.24) is 14.1 Å². The van der Waals surface area contributed by atoms with E-state index in [0.717, 1.165) is 49.9 Å². The summed E-state index contributed by atoms with van der Waals surface area (Å²) in [5, 5.41) is 12.4. The van der Waals surface area contributed by atoms with Gasteiger partial charge >= 0.3 is 0 Å². The maximum atomic E-state index is 6.61. The summed E-state index contributed by atoms with van der Waals surface area (Å²) in [6.45, 7) is 0. The summed E-state index contributed by atoms with van der Waals surface area (Å²) in [6, 6.07) is 72.0. The molecular weight excluding hydrogens is 719 g/mol. The second-order valence-corrected chi connectivity index (χ2v) is 15.5. The summed E-state index contributed by atoms with van der Waals surface area (Å²) in [5.41, 5.74) is 11.8. The normalized spacial score (nSPS) is 12.1. The zero-order chi connectivity index (χ0) is 38.6. The van der Waals surface area contributed by atoms with Gasteiger partial charge in [-0.1, -0.05) is 127 Å². The van der Waals surface area contributed by atoms with E-state index < -0.39 is 0 Å². The van der Waals surface area contributed by atoms with Crippen LogP contribution in [-0.4, -0.2) is 14.1 Å². The van der Waals surface area contributed by atoms with Crippen molar-refractivity contribution < 1.29 is 4.42 Å². The third-order valence-corrected chi connectivity index (χ3v) is 12.3. The molecule has 0 amide bonds. The summed E-state index contributed by atoms with van der Waals surface area (Å²) in [5.74, 6) is 0.611. The molecule has 3 aromatic heterocycles. The highest BCUT2D eigenvalue weighted by atomic mass is 16.3. The molecule has 3 heterocycles. The van der Waals surface area contributed by atoms with Crippen LogP contribution in [0.5, 0.6) is 0 Å². The number of fused-ring (bicyclic) bond motifs is 13. The van der Waals surface area contributed by atoms with Crippen molar-refractivity contribution in [1.29, 1.82) is 0 Å². The minimum atomic E-state index is 0.611. The first-order valence-corrected chi connectivity index (χ1v) is 20.1. The quantitative estimate of drug-likeness (QED) is 0.168. The lowest BCUT2D eigenvalue weighted by Crippen LogP contribution is -1.96. The molecule has 0 saturated carbocycles. The Morgan fingerprint density at radius 2 is 0.831 bits per heavy atom. The molecule has 274 valence electrons. The van der Waals surface area contributed by atoms with Gasteiger partial charge < -0.3 is 13.6 Å². The van der Waals surface area contributed by atoms with Gasteiger partial charge in [-0.05, 0) is 111 Å². The predicted octanol–water partition coefficient (Wildman–Crippen LogP) is 14.8. The van der Waals surface area contributed by atoms with E-state index in [2.05, 4.69) is 209 Å². The average molecular weight is 752 g/mol. The molecule has 0 aliphatic heterocycles. The van der Waals surface area contributed by atoms with Crippen LogP contribution in [-0.2, 0) is 0 Å². The molecule has 0 bridgehead atoms. The zero-order valence-electron chi connectivity index (χ0n) is 31.8. The van der Waals surface area contributed by atoms with E-state index >= 15 is 0 Å². The number of aromatic nitrogens is 3. The lowest BCUT2D eigenvalue weighted by Gasteiger charge is -2.16. The summed E-state index contributed by atoms with van der Waals surface area (Å²) in [7, 11) is 0. The molecule has 4 nitrogen and oxygen atoms in total. The van der Waals surface area contributed by atoms with Crippen LogP contribution >= 0.6 is 0 Å². The number of hydrogen-bond acceptors (Lipinski definition) is 2. The molecule has 10 aromatic carbocycles. The summed E-state index contributed by atoms with van der Waals surface area (Å²) >= 11 is 0. The zero-order valence-corrected chi connectivity index (χ0v) is 31.8.